The van der Waals surface area contributed by atoms with Crippen molar-refractivity contribution in [2.24, 2.45) is 0 Å². The fraction of sp³-hybridized carbons (Fsp3) is 0.500. The Morgan fingerprint density at radius 3 is 2.59 bits per heavy atom. The second-order valence-corrected chi connectivity index (χ2v) is 5.25. The summed E-state index contributed by atoms with van der Waals surface area (Å²) in [5.74, 6) is -0.0365. The Balaban J connectivity index is 0.00000242. The lowest BCUT2D eigenvalue weighted by atomic mass is 10.0. The number of benzene rings is 1. The Labute approximate surface area is 137 Å². The van der Waals surface area contributed by atoms with E-state index in [2.05, 4.69) is 10.6 Å². The standard InChI is InChI=1S/C16H23N3O2.ClH/c1-17-10-11-18-16(21)15(13-7-3-2-4-8-13)19-12-6-5-9-14(19)20;/h2-4,7-8,15,17H,5-6,9-12H2,1H3,(H,18,21);1H. The monoisotopic (exact) mass is 325 g/mol. The van der Waals surface area contributed by atoms with E-state index < -0.39 is 6.04 Å². The minimum Gasteiger partial charge on any atom is -0.353 e. The maximum Gasteiger partial charge on any atom is 0.247 e. The zero-order valence-corrected chi connectivity index (χ0v) is 13.7. The number of amides is 2. The first-order valence-electron chi connectivity index (χ1n) is 7.50. The highest BCUT2D eigenvalue weighted by molar-refractivity contribution is 5.89. The van der Waals surface area contributed by atoms with Crippen LogP contribution in [0.5, 0.6) is 0 Å². The molecule has 0 radical (unpaired) electrons. The van der Waals surface area contributed by atoms with Crippen LogP contribution in [0.1, 0.15) is 30.9 Å². The van der Waals surface area contributed by atoms with Crippen molar-refractivity contribution in [3.05, 3.63) is 35.9 Å². The van der Waals surface area contributed by atoms with Crippen LogP contribution in [-0.2, 0) is 9.59 Å². The summed E-state index contributed by atoms with van der Waals surface area (Å²) >= 11 is 0. The van der Waals surface area contributed by atoms with Crippen LogP contribution in [0, 0.1) is 0 Å². The first-order chi connectivity index (χ1) is 10.2. The van der Waals surface area contributed by atoms with Crippen LogP contribution in [0.25, 0.3) is 0 Å². The van der Waals surface area contributed by atoms with Crippen molar-refractivity contribution in [2.75, 3.05) is 26.7 Å². The lowest BCUT2D eigenvalue weighted by Gasteiger charge is -2.34. The van der Waals surface area contributed by atoms with E-state index in [1.165, 1.54) is 0 Å². The van der Waals surface area contributed by atoms with E-state index in [1.807, 2.05) is 37.4 Å². The molecule has 2 amide bonds. The summed E-state index contributed by atoms with van der Waals surface area (Å²) in [6.07, 6.45) is 2.41. The number of hydrogen-bond acceptors (Lipinski definition) is 3. The molecule has 0 saturated carbocycles. The molecule has 6 heteroatoms. The molecule has 0 spiro atoms. The first-order valence-corrected chi connectivity index (χ1v) is 7.50. The van der Waals surface area contributed by atoms with Crippen molar-refractivity contribution < 1.29 is 9.59 Å². The quantitative estimate of drug-likeness (QED) is 0.779. The smallest absolute Gasteiger partial charge is 0.247 e. The average molecular weight is 326 g/mol. The van der Waals surface area contributed by atoms with Gasteiger partial charge in [0, 0.05) is 26.1 Å². The number of rotatable bonds is 6. The van der Waals surface area contributed by atoms with E-state index in [1.54, 1.807) is 4.90 Å². The number of piperidine rings is 1. The number of halogens is 1. The number of carbonyl (C=O) groups excluding carboxylic acids is 2. The highest BCUT2D eigenvalue weighted by Gasteiger charge is 2.32. The number of carbonyl (C=O) groups is 2. The molecule has 2 N–H and O–H groups in total. The van der Waals surface area contributed by atoms with Gasteiger partial charge in [-0.2, -0.15) is 0 Å². The van der Waals surface area contributed by atoms with Crippen LogP contribution >= 0.6 is 12.4 Å². The van der Waals surface area contributed by atoms with Gasteiger partial charge in [0.2, 0.25) is 11.8 Å². The minimum absolute atomic E-state index is 0. The zero-order chi connectivity index (χ0) is 15.1. The Hall–Kier alpha value is -1.59. The summed E-state index contributed by atoms with van der Waals surface area (Å²) in [4.78, 5) is 26.4. The molecule has 1 saturated heterocycles. The number of likely N-dealkylation sites (N-methyl/N-ethyl adjacent to an activating group) is 1. The predicted octanol–water partition coefficient (Wildman–Crippen LogP) is 1.50. The van der Waals surface area contributed by atoms with Crippen molar-refractivity contribution in [2.45, 2.75) is 25.3 Å². The molecule has 0 aliphatic carbocycles. The van der Waals surface area contributed by atoms with E-state index in [0.717, 1.165) is 18.4 Å². The van der Waals surface area contributed by atoms with E-state index in [4.69, 9.17) is 0 Å². The summed E-state index contributed by atoms with van der Waals surface area (Å²) in [5.41, 5.74) is 0.870. The Morgan fingerprint density at radius 1 is 1.23 bits per heavy atom. The molecular weight excluding hydrogens is 302 g/mol. The molecule has 1 aliphatic heterocycles. The van der Waals surface area contributed by atoms with Gasteiger partial charge in [0.1, 0.15) is 6.04 Å². The molecule has 1 aliphatic rings. The van der Waals surface area contributed by atoms with Gasteiger partial charge in [0.05, 0.1) is 0 Å². The average Bonchev–Trinajstić information content (AvgIpc) is 2.51. The molecule has 122 valence electrons. The lowest BCUT2D eigenvalue weighted by Crippen LogP contribution is -2.46. The topological polar surface area (TPSA) is 61.4 Å². The molecule has 1 aromatic carbocycles. The molecule has 1 fully saturated rings. The fourth-order valence-corrected chi connectivity index (χ4v) is 2.62. The molecular formula is C16H24ClN3O2. The van der Waals surface area contributed by atoms with Gasteiger partial charge in [-0.3, -0.25) is 9.59 Å². The van der Waals surface area contributed by atoms with Gasteiger partial charge in [-0.15, -0.1) is 12.4 Å². The molecule has 1 unspecified atom stereocenters. The third-order valence-corrected chi connectivity index (χ3v) is 3.71. The van der Waals surface area contributed by atoms with Crippen molar-refractivity contribution in [3.63, 3.8) is 0 Å². The molecule has 5 nitrogen and oxygen atoms in total. The van der Waals surface area contributed by atoms with Gasteiger partial charge in [-0.25, -0.2) is 0 Å². The Bertz CT molecular complexity index is 482. The summed E-state index contributed by atoms with van der Waals surface area (Å²) in [6.45, 7) is 1.92. The maximum atomic E-state index is 12.5. The van der Waals surface area contributed by atoms with Crippen molar-refractivity contribution in [1.82, 2.24) is 15.5 Å². The van der Waals surface area contributed by atoms with E-state index >= 15 is 0 Å². The van der Waals surface area contributed by atoms with Crippen molar-refractivity contribution >= 4 is 24.2 Å². The van der Waals surface area contributed by atoms with Gasteiger partial charge in [-0.05, 0) is 25.5 Å². The van der Waals surface area contributed by atoms with Crippen LogP contribution in [0.4, 0.5) is 0 Å². The van der Waals surface area contributed by atoms with Crippen molar-refractivity contribution in [3.8, 4) is 0 Å². The Kier molecular flexibility index (Phi) is 7.91. The fourth-order valence-electron chi connectivity index (χ4n) is 2.62. The summed E-state index contributed by atoms with van der Waals surface area (Å²) in [6, 6.07) is 9.01. The number of likely N-dealkylation sites (tertiary alicyclic amines) is 1. The van der Waals surface area contributed by atoms with Gasteiger partial charge in [0.15, 0.2) is 0 Å². The largest absolute Gasteiger partial charge is 0.353 e. The van der Waals surface area contributed by atoms with Gasteiger partial charge in [-0.1, -0.05) is 30.3 Å². The third-order valence-electron chi connectivity index (χ3n) is 3.71. The van der Waals surface area contributed by atoms with E-state index in [0.29, 0.717) is 26.1 Å². The molecule has 1 heterocycles. The summed E-state index contributed by atoms with van der Waals surface area (Å²) in [5, 5.41) is 5.90. The Morgan fingerprint density at radius 2 is 1.95 bits per heavy atom. The van der Waals surface area contributed by atoms with Crippen LogP contribution in [0.3, 0.4) is 0 Å². The maximum absolute atomic E-state index is 12.5. The predicted molar refractivity (Wildman–Crippen MR) is 88.9 cm³/mol. The SMILES string of the molecule is CNCCNC(=O)C(c1ccccc1)N1CCCCC1=O.Cl. The van der Waals surface area contributed by atoms with Crippen LogP contribution < -0.4 is 10.6 Å². The number of nitrogens with one attached hydrogen (secondary N) is 2. The normalized spacial score (nSPS) is 15.9. The first kappa shape index (κ1) is 18.5. The second kappa shape index (κ2) is 9.43. The number of hydrogen-bond donors (Lipinski definition) is 2. The minimum atomic E-state index is -0.518. The molecule has 0 aromatic heterocycles. The van der Waals surface area contributed by atoms with Crippen LogP contribution in [-0.4, -0.2) is 43.4 Å². The van der Waals surface area contributed by atoms with Crippen molar-refractivity contribution in [1.29, 1.82) is 0 Å². The zero-order valence-electron chi connectivity index (χ0n) is 12.9. The van der Waals surface area contributed by atoms with Crippen LogP contribution in [0.2, 0.25) is 0 Å². The van der Waals surface area contributed by atoms with Gasteiger partial charge >= 0.3 is 0 Å². The summed E-state index contributed by atoms with van der Waals surface area (Å²) in [7, 11) is 1.84. The highest BCUT2D eigenvalue weighted by Crippen LogP contribution is 2.25. The van der Waals surface area contributed by atoms with Gasteiger partial charge < -0.3 is 15.5 Å². The molecule has 22 heavy (non-hydrogen) atoms. The van der Waals surface area contributed by atoms with E-state index in [9.17, 15) is 9.59 Å². The van der Waals surface area contributed by atoms with Gasteiger partial charge in [0.25, 0.3) is 0 Å². The van der Waals surface area contributed by atoms with Crippen LogP contribution in [0.15, 0.2) is 30.3 Å². The lowest BCUT2D eigenvalue weighted by molar-refractivity contribution is -0.142. The van der Waals surface area contributed by atoms with E-state index in [-0.39, 0.29) is 24.2 Å². The second-order valence-electron chi connectivity index (χ2n) is 5.25. The molecule has 0 bridgehead atoms. The number of nitrogens with zero attached hydrogens (tertiary/aromatic N) is 1. The third kappa shape index (κ3) is 4.71. The summed E-state index contributed by atoms with van der Waals surface area (Å²) < 4.78 is 0. The highest BCUT2D eigenvalue weighted by atomic mass is 35.5. The molecule has 1 aromatic rings. The molecule has 1 atom stereocenters. The molecule has 2 rings (SSSR count).